The summed E-state index contributed by atoms with van der Waals surface area (Å²) in [4.78, 5) is 20.9. The number of carbonyl (C=O) groups excluding carboxylic acids is 1. The van der Waals surface area contributed by atoms with Gasteiger partial charge in [0.05, 0.1) is 39.1 Å². The number of anilines is 1. The summed E-state index contributed by atoms with van der Waals surface area (Å²) in [6.07, 6.45) is 4.72. The molecule has 1 aliphatic heterocycles. The number of ether oxygens (including phenoxy) is 3. The Morgan fingerprint density at radius 3 is 2.36 bits per heavy atom. The van der Waals surface area contributed by atoms with Gasteiger partial charge in [-0.2, -0.15) is 0 Å². The number of nitrogens with zero attached hydrogens (tertiary/aromatic N) is 3. The van der Waals surface area contributed by atoms with Crippen molar-refractivity contribution in [2.45, 2.75) is 51.5 Å². The fraction of sp³-hybridized carbons (Fsp3) is 0.759. The van der Waals surface area contributed by atoms with Crippen molar-refractivity contribution in [3.63, 3.8) is 0 Å². The lowest BCUT2D eigenvalue weighted by Crippen LogP contribution is -2.47. The number of piperazine rings is 1. The minimum Gasteiger partial charge on any atom is -0.382 e. The summed E-state index contributed by atoms with van der Waals surface area (Å²) in [6.45, 7) is 14.8. The Kier molecular flexibility index (Phi) is 10.6. The number of Topliss-reactive ketones (excluding diaryl/α,β-unsaturated/α-hetero) is 1. The van der Waals surface area contributed by atoms with Gasteiger partial charge in [0.15, 0.2) is 5.78 Å². The maximum absolute atomic E-state index is 13.5. The van der Waals surface area contributed by atoms with E-state index in [0.29, 0.717) is 38.1 Å². The number of methoxy groups -OCH3 is 1. The number of fused-ring (bicyclic) bond motifs is 1. The van der Waals surface area contributed by atoms with Crippen LogP contribution in [0.1, 0.15) is 61.4 Å². The Morgan fingerprint density at radius 1 is 0.972 bits per heavy atom. The minimum absolute atomic E-state index is 0.0570. The summed E-state index contributed by atoms with van der Waals surface area (Å²) < 4.78 is 16.1. The molecule has 1 aromatic rings. The topological polar surface area (TPSA) is 54.5 Å². The van der Waals surface area contributed by atoms with E-state index in [1.807, 2.05) is 0 Å². The second-order valence-corrected chi connectivity index (χ2v) is 10.6. The number of rotatable bonds is 15. The Morgan fingerprint density at radius 2 is 1.69 bits per heavy atom. The molecule has 0 spiro atoms. The lowest BCUT2D eigenvalue weighted by atomic mass is 9.77. The molecule has 0 amide bonds. The van der Waals surface area contributed by atoms with Crippen molar-refractivity contribution in [2.75, 3.05) is 90.9 Å². The maximum Gasteiger partial charge on any atom is 0.180 e. The van der Waals surface area contributed by atoms with E-state index in [-0.39, 0.29) is 6.04 Å². The Balaban J connectivity index is 1.27. The highest BCUT2D eigenvalue weighted by molar-refractivity contribution is 6.03. The predicted molar refractivity (Wildman–Crippen MR) is 144 cm³/mol. The third-order valence-electron chi connectivity index (χ3n) is 8.17. The van der Waals surface area contributed by atoms with E-state index < -0.39 is 0 Å². The lowest BCUT2D eigenvalue weighted by Gasteiger charge is -2.39. The number of carbonyl (C=O) groups is 1. The van der Waals surface area contributed by atoms with Crippen LogP contribution in [0.5, 0.6) is 0 Å². The molecule has 202 valence electrons. The second-order valence-electron chi connectivity index (χ2n) is 10.6. The molecule has 2 unspecified atom stereocenters. The Bertz CT molecular complexity index is 823. The molecule has 2 aliphatic carbocycles. The summed E-state index contributed by atoms with van der Waals surface area (Å²) in [5.74, 6) is 1.62. The summed E-state index contributed by atoms with van der Waals surface area (Å²) in [7, 11) is 1.68. The highest BCUT2D eigenvalue weighted by atomic mass is 16.5. The zero-order valence-electron chi connectivity index (χ0n) is 22.8. The first-order valence-corrected chi connectivity index (χ1v) is 14.2. The second kappa shape index (κ2) is 13.9. The van der Waals surface area contributed by atoms with E-state index in [0.717, 1.165) is 76.7 Å². The van der Waals surface area contributed by atoms with Crippen LogP contribution in [0.4, 0.5) is 5.69 Å². The van der Waals surface area contributed by atoms with Gasteiger partial charge >= 0.3 is 0 Å². The van der Waals surface area contributed by atoms with Gasteiger partial charge in [-0.05, 0) is 67.8 Å². The summed E-state index contributed by atoms with van der Waals surface area (Å²) in [5, 5.41) is 0. The molecule has 3 aliphatic rings. The SMILES string of the molecule is CCC1CC(N(CC)CC2CC2)C(=O)c2ccc(N3CCN(CCOCCOCCOC)CC3)cc21. The van der Waals surface area contributed by atoms with Gasteiger partial charge in [0.1, 0.15) is 0 Å². The van der Waals surface area contributed by atoms with Gasteiger partial charge in [0, 0.05) is 57.6 Å². The summed E-state index contributed by atoms with van der Waals surface area (Å²) in [6, 6.07) is 6.70. The first-order chi connectivity index (χ1) is 17.6. The van der Waals surface area contributed by atoms with E-state index in [9.17, 15) is 4.79 Å². The highest BCUT2D eigenvalue weighted by Gasteiger charge is 2.38. The van der Waals surface area contributed by atoms with E-state index in [1.165, 1.54) is 24.1 Å². The maximum atomic E-state index is 13.5. The Hall–Kier alpha value is -1.51. The first kappa shape index (κ1) is 27.5. The minimum atomic E-state index is 0.0570. The molecule has 0 radical (unpaired) electrons. The molecule has 0 aromatic heterocycles. The van der Waals surface area contributed by atoms with Gasteiger partial charge in [0.25, 0.3) is 0 Å². The smallest absolute Gasteiger partial charge is 0.180 e. The molecule has 7 nitrogen and oxygen atoms in total. The lowest BCUT2D eigenvalue weighted by molar-refractivity contribution is 0.0192. The molecule has 0 N–H and O–H groups in total. The highest BCUT2D eigenvalue weighted by Crippen LogP contribution is 2.39. The number of hydrogen-bond acceptors (Lipinski definition) is 7. The number of likely N-dealkylation sites (N-methyl/N-ethyl adjacent to an activating group) is 1. The summed E-state index contributed by atoms with van der Waals surface area (Å²) in [5.41, 5.74) is 3.52. The van der Waals surface area contributed by atoms with Crippen molar-refractivity contribution in [2.24, 2.45) is 5.92 Å². The third-order valence-corrected chi connectivity index (χ3v) is 8.17. The average Bonchev–Trinajstić information content (AvgIpc) is 3.74. The van der Waals surface area contributed by atoms with E-state index in [1.54, 1.807) is 7.11 Å². The number of ketones is 1. The zero-order chi connectivity index (χ0) is 25.3. The first-order valence-electron chi connectivity index (χ1n) is 14.2. The van der Waals surface area contributed by atoms with Crippen LogP contribution in [-0.4, -0.2) is 108 Å². The Labute approximate surface area is 218 Å². The van der Waals surface area contributed by atoms with Crippen molar-refractivity contribution in [3.8, 4) is 0 Å². The van der Waals surface area contributed by atoms with Crippen LogP contribution >= 0.6 is 0 Å². The van der Waals surface area contributed by atoms with Crippen molar-refractivity contribution in [1.29, 1.82) is 0 Å². The monoisotopic (exact) mass is 501 g/mol. The molecule has 7 heteroatoms. The van der Waals surface area contributed by atoms with Crippen LogP contribution < -0.4 is 4.90 Å². The molecule has 0 bridgehead atoms. The summed E-state index contributed by atoms with van der Waals surface area (Å²) >= 11 is 0. The van der Waals surface area contributed by atoms with Gasteiger partial charge in [-0.3, -0.25) is 14.6 Å². The van der Waals surface area contributed by atoms with Crippen LogP contribution in [0, 0.1) is 5.92 Å². The van der Waals surface area contributed by atoms with Crippen LogP contribution in [0.25, 0.3) is 0 Å². The van der Waals surface area contributed by atoms with Crippen LogP contribution in [0.3, 0.4) is 0 Å². The molecule has 1 heterocycles. The zero-order valence-corrected chi connectivity index (χ0v) is 22.8. The number of hydrogen-bond donors (Lipinski definition) is 0. The third kappa shape index (κ3) is 7.29. The fourth-order valence-corrected chi connectivity index (χ4v) is 5.69. The van der Waals surface area contributed by atoms with Crippen LogP contribution in [0.15, 0.2) is 18.2 Å². The fourth-order valence-electron chi connectivity index (χ4n) is 5.69. The van der Waals surface area contributed by atoms with Gasteiger partial charge in [-0.15, -0.1) is 0 Å². The average molecular weight is 502 g/mol. The van der Waals surface area contributed by atoms with Crippen molar-refractivity contribution in [3.05, 3.63) is 29.3 Å². The van der Waals surface area contributed by atoms with E-state index in [2.05, 4.69) is 46.7 Å². The molecule has 4 rings (SSSR count). The van der Waals surface area contributed by atoms with Crippen molar-refractivity contribution in [1.82, 2.24) is 9.80 Å². The molecule has 1 saturated heterocycles. The largest absolute Gasteiger partial charge is 0.382 e. The van der Waals surface area contributed by atoms with Gasteiger partial charge in [-0.25, -0.2) is 0 Å². The van der Waals surface area contributed by atoms with Crippen molar-refractivity contribution < 1.29 is 19.0 Å². The van der Waals surface area contributed by atoms with Gasteiger partial charge < -0.3 is 19.1 Å². The standard InChI is InChI=1S/C29H47N3O4/c1-4-24-20-28(31(5-2)22-23-6-7-23)29(33)26-9-8-25(21-27(24)26)32-12-10-30(11-13-32)14-15-35-18-19-36-17-16-34-3/h8-9,21,23-24,28H,4-7,10-20,22H2,1-3H3. The van der Waals surface area contributed by atoms with E-state index >= 15 is 0 Å². The number of benzene rings is 1. The molecule has 2 atom stereocenters. The van der Waals surface area contributed by atoms with Crippen LogP contribution in [0.2, 0.25) is 0 Å². The van der Waals surface area contributed by atoms with E-state index in [4.69, 9.17) is 14.2 Å². The van der Waals surface area contributed by atoms with Gasteiger partial charge in [-0.1, -0.05) is 13.8 Å². The molecule has 1 aromatic carbocycles. The van der Waals surface area contributed by atoms with Crippen molar-refractivity contribution >= 4 is 11.5 Å². The molecule has 1 saturated carbocycles. The van der Waals surface area contributed by atoms with Crippen LogP contribution in [-0.2, 0) is 14.2 Å². The normalized spacial score (nSPS) is 22.9. The molecule has 2 fully saturated rings. The molecule has 36 heavy (non-hydrogen) atoms. The predicted octanol–water partition coefficient (Wildman–Crippen LogP) is 3.67. The molecular weight excluding hydrogens is 454 g/mol. The molecular formula is C29H47N3O4. The van der Waals surface area contributed by atoms with Gasteiger partial charge in [0.2, 0.25) is 0 Å². The quantitative estimate of drug-likeness (QED) is 0.340.